The molecule has 1 fully saturated rings. The third kappa shape index (κ3) is 4.63. The Morgan fingerprint density at radius 1 is 1.16 bits per heavy atom. The largest absolute Gasteiger partial charge is 0.379 e. The molecular weight excluding hydrogens is 312 g/mol. The number of nitrogens with zero attached hydrogens (tertiary/aromatic N) is 3. The summed E-state index contributed by atoms with van der Waals surface area (Å²) >= 11 is 0. The van der Waals surface area contributed by atoms with Crippen LogP contribution >= 0.6 is 0 Å². The number of morpholine rings is 1. The van der Waals surface area contributed by atoms with Gasteiger partial charge in [0.2, 0.25) is 0 Å². The van der Waals surface area contributed by atoms with E-state index in [9.17, 15) is 0 Å². The molecule has 0 bridgehead atoms. The van der Waals surface area contributed by atoms with Gasteiger partial charge in [0.15, 0.2) is 0 Å². The summed E-state index contributed by atoms with van der Waals surface area (Å²) in [7, 11) is 0. The lowest BCUT2D eigenvalue weighted by atomic mass is 10.0. The first kappa shape index (κ1) is 18.0. The molecule has 1 saturated heterocycles. The van der Waals surface area contributed by atoms with Crippen molar-refractivity contribution in [2.24, 2.45) is 0 Å². The van der Waals surface area contributed by atoms with Crippen LogP contribution < -0.4 is 5.32 Å². The quantitative estimate of drug-likeness (QED) is 0.876. The maximum atomic E-state index is 5.53. The highest BCUT2D eigenvalue weighted by molar-refractivity contribution is 5.22. The van der Waals surface area contributed by atoms with Crippen LogP contribution in [0.1, 0.15) is 41.7 Å². The van der Waals surface area contributed by atoms with E-state index in [-0.39, 0.29) is 6.04 Å². The third-order valence-electron chi connectivity index (χ3n) is 4.89. The van der Waals surface area contributed by atoms with Gasteiger partial charge < -0.3 is 10.1 Å². The predicted octanol–water partition coefficient (Wildman–Crippen LogP) is 2.82. The van der Waals surface area contributed by atoms with Crippen LogP contribution in [0.5, 0.6) is 0 Å². The summed E-state index contributed by atoms with van der Waals surface area (Å²) in [6.07, 6.45) is 1.95. The maximum Gasteiger partial charge on any atom is 0.125 e. The zero-order valence-electron chi connectivity index (χ0n) is 15.4. The highest BCUT2D eigenvalue weighted by Gasteiger charge is 2.23. The molecule has 0 saturated carbocycles. The average Bonchev–Trinajstić information content (AvgIpc) is 2.63. The lowest BCUT2D eigenvalue weighted by molar-refractivity contribution is 0.0157. The van der Waals surface area contributed by atoms with Crippen LogP contribution in [0.4, 0.5) is 0 Å². The Balaban J connectivity index is 1.71. The van der Waals surface area contributed by atoms with Gasteiger partial charge in [-0.3, -0.25) is 4.90 Å². The summed E-state index contributed by atoms with van der Waals surface area (Å²) in [6.45, 7) is 10.6. The molecule has 134 valence electrons. The van der Waals surface area contributed by atoms with E-state index in [1.54, 1.807) is 0 Å². The molecule has 1 aliphatic heterocycles. The molecule has 0 amide bonds. The molecule has 2 heterocycles. The van der Waals surface area contributed by atoms with Crippen LogP contribution in [-0.2, 0) is 4.74 Å². The van der Waals surface area contributed by atoms with Gasteiger partial charge in [-0.05, 0) is 26.3 Å². The second-order valence-corrected chi connectivity index (χ2v) is 6.66. The van der Waals surface area contributed by atoms with E-state index in [1.807, 2.05) is 13.1 Å². The number of hydrogen-bond donors (Lipinski definition) is 1. The van der Waals surface area contributed by atoms with E-state index in [0.29, 0.717) is 6.04 Å². The monoisotopic (exact) mass is 340 g/mol. The first-order valence-corrected chi connectivity index (χ1v) is 9.05. The molecule has 0 unspecified atom stereocenters. The highest BCUT2D eigenvalue weighted by atomic mass is 16.5. The molecule has 5 heteroatoms. The van der Waals surface area contributed by atoms with Gasteiger partial charge in [-0.2, -0.15) is 0 Å². The minimum absolute atomic E-state index is 0.216. The third-order valence-corrected chi connectivity index (χ3v) is 4.89. The van der Waals surface area contributed by atoms with Crippen LogP contribution in [0.15, 0.2) is 36.5 Å². The average molecular weight is 340 g/mol. The second-order valence-electron chi connectivity index (χ2n) is 6.66. The first-order valence-electron chi connectivity index (χ1n) is 9.05. The number of ether oxygens (including phenoxy) is 1. The fraction of sp³-hybridized carbons (Fsp3) is 0.500. The van der Waals surface area contributed by atoms with E-state index in [2.05, 4.69) is 64.4 Å². The van der Waals surface area contributed by atoms with Crippen molar-refractivity contribution >= 4 is 0 Å². The van der Waals surface area contributed by atoms with Gasteiger partial charge in [0, 0.05) is 49.2 Å². The maximum absolute atomic E-state index is 5.53. The molecule has 3 rings (SSSR count). The number of aryl methyl sites for hydroxylation is 2. The fourth-order valence-corrected chi connectivity index (χ4v) is 3.44. The summed E-state index contributed by atoms with van der Waals surface area (Å²) < 4.78 is 5.53. The number of aromatic nitrogens is 2. The van der Waals surface area contributed by atoms with Gasteiger partial charge in [-0.25, -0.2) is 9.97 Å². The van der Waals surface area contributed by atoms with Crippen LogP contribution in [-0.4, -0.2) is 47.7 Å². The van der Waals surface area contributed by atoms with E-state index in [4.69, 9.17) is 4.74 Å². The van der Waals surface area contributed by atoms with Crippen molar-refractivity contribution in [3.05, 3.63) is 59.2 Å². The standard InChI is InChI=1S/C20H28N4O/c1-15(19-13-22-17(3)23-16(19)2)21-14-20(18-7-5-4-6-8-18)24-9-11-25-12-10-24/h4-8,13,15,20-21H,9-12,14H2,1-3H3/t15-,20+/m0/s1. The molecule has 1 aromatic carbocycles. The molecule has 1 aliphatic rings. The van der Waals surface area contributed by atoms with Crippen LogP contribution in [0, 0.1) is 13.8 Å². The van der Waals surface area contributed by atoms with Crippen LogP contribution in [0.3, 0.4) is 0 Å². The van der Waals surface area contributed by atoms with Crippen molar-refractivity contribution in [2.45, 2.75) is 32.9 Å². The lowest BCUT2D eigenvalue weighted by Crippen LogP contribution is -2.43. The van der Waals surface area contributed by atoms with Crippen LogP contribution in [0.25, 0.3) is 0 Å². The summed E-state index contributed by atoms with van der Waals surface area (Å²) in [6, 6.07) is 11.3. The van der Waals surface area contributed by atoms with Crippen molar-refractivity contribution in [2.75, 3.05) is 32.8 Å². The molecule has 0 aliphatic carbocycles. The van der Waals surface area contributed by atoms with Gasteiger partial charge in [0.1, 0.15) is 5.82 Å². The van der Waals surface area contributed by atoms with E-state index in [1.165, 1.54) is 11.1 Å². The molecular formula is C20H28N4O. The van der Waals surface area contributed by atoms with Crippen molar-refractivity contribution in [1.29, 1.82) is 0 Å². The predicted molar refractivity (Wildman–Crippen MR) is 99.5 cm³/mol. The molecule has 1 N–H and O–H groups in total. The number of rotatable bonds is 6. The Morgan fingerprint density at radius 3 is 2.56 bits per heavy atom. The lowest BCUT2D eigenvalue weighted by Gasteiger charge is -2.35. The molecule has 25 heavy (non-hydrogen) atoms. The summed E-state index contributed by atoms with van der Waals surface area (Å²) in [4.78, 5) is 11.4. The van der Waals surface area contributed by atoms with Crippen molar-refractivity contribution in [1.82, 2.24) is 20.2 Å². The van der Waals surface area contributed by atoms with Gasteiger partial charge in [0.05, 0.1) is 13.2 Å². The first-order chi connectivity index (χ1) is 12.1. The summed E-state index contributed by atoms with van der Waals surface area (Å²) in [5.41, 5.74) is 3.57. The molecule has 0 radical (unpaired) electrons. The zero-order chi connectivity index (χ0) is 17.6. The Kier molecular flexibility index (Phi) is 6.13. The smallest absolute Gasteiger partial charge is 0.125 e. The van der Waals surface area contributed by atoms with E-state index >= 15 is 0 Å². The summed E-state index contributed by atoms with van der Waals surface area (Å²) in [5, 5.41) is 3.69. The topological polar surface area (TPSA) is 50.3 Å². The molecule has 2 aromatic rings. The Hall–Kier alpha value is -1.82. The summed E-state index contributed by atoms with van der Waals surface area (Å²) in [5.74, 6) is 0.823. The highest BCUT2D eigenvalue weighted by Crippen LogP contribution is 2.23. The number of hydrogen-bond acceptors (Lipinski definition) is 5. The Bertz CT molecular complexity index is 671. The van der Waals surface area contributed by atoms with Gasteiger partial charge in [-0.1, -0.05) is 30.3 Å². The molecule has 2 atom stereocenters. The van der Waals surface area contributed by atoms with Crippen molar-refractivity contribution < 1.29 is 4.74 Å². The minimum Gasteiger partial charge on any atom is -0.379 e. The van der Waals surface area contributed by atoms with Crippen molar-refractivity contribution in [3.8, 4) is 0 Å². The van der Waals surface area contributed by atoms with Gasteiger partial charge in [0.25, 0.3) is 0 Å². The zero-order valence-corrected chi connectivity index (χ0v) is 15.4. The molecule has 1 aromatic heterocycles. The Labute approximate surface area is 150 Å². The van der Waals surface area contributed by atoms with Gasteiger partial charge in [-0.15, -0.1) is 0 Å². The van der Waals surface area contributed by atoms with Crippen molar-refractivity contribution in [3.63, 3.8) is 0 Å². The molecule has 0 spiro atoms. The van der Waals surface area contributed by atoms with E-state index in [0.717, 1.165) is 44.4 Å². The minimum atomic E-state index is 0.216. The van der Waals surface area contributed by atoms with Crippen LogP contribution in [0.2, 0.25) is 0 Å². The number of benzene rings is 1. The number of nitrogens with one attached hydrogen (secondary N) is 1. The SMILES string of the molecule is Cc1ncc([C@H](C)NC[C@H](c2ccccc2)N2CCOCC2)c(C)n1. The van der Waals surface area contributed by atoms with Gasteiger partial charge >= 0.3 is 0 Å². The fourth-order valence-electron chi connectivity index (χ4n) is 3.44. The Morgan fingerprint density at radius 2 is 1.88 bits per heavy atom. The normalized spacial score (nSPS) is 18.0. The molecule has 5 nitrogen and oxygen atoms in total. The second kappa shape index (κ2) is 8.52. The van der Waals surface area contributed by atoms with E-state index < -0.39 is 0 Å².